The van der Waals surface area contributed by atoms with Gasteiger partial charge in [-0.15, -0.1) is 0 Å². The van der Waals surface area contributed by atoms with Gasteiger partial charge in [-0.1, -0.05) is 19.4 Å². The van der Waals surface area contributed by atoms with Crippen LogP contribution in [-0.4, -0.2) is 24.8 Å². The Hall–Kier alpha value is -0.670. The fourth-order valence-corrected chi connectivity index (χ4v) is 7.74. The molecular weight excluding hydrogens is 336 g/mol. The number of hydrogen-bond acceptors (Lipinski definition) is 3. The van der Waals surface area contributed by atoms with Crippen LogP contribution in [0.25, 0.3) is 0 Å². The van der Waals surface area contributed by atoms with Crippen LogP contribution in [-0.2, 0) is 14.3 Å². The van der Waals surface area contributed by atoms with E-state index in [1.54, 1.807) is 0 Å². The fraction of sp³-hybridized carbons (Fsp3) is 0.875. The van der Waals surface area contributed by atoms with E-state index in [1.165, 1.54) is 50.5 Å². The molecule has 1 unspecified atom stereocenters. The molecule has 0 N–H and O–H groups in total. The summed E-state index contributed by atoms with van der Waals surface area (Å²) in [7, 11) is 0. The van der Waals surface area contributed by atoms with Crippen molar-refractivity contribution in [2.24, 2.45) is 28.6 Å². The molecule has 7 atom stereocenters. The molecule has 3 heteroatoms. The Kier molecular flexibility index (Phi) is 4.55. The number of ether oxygens (including phenoxy) is 2. The minimum Gasteiger partial charge on any atom is -0.353 e. The topological polar surface area (TPSA) is 35.5 Å². The largest absolute Gasteiger partial charge is 0.353 e. The molecule has 0 bridgehead atoms. The molecule has 0 aromatic carbocycles. The number of carbonyl (C=O) groups is 1. The SMILES string of the molecule is C[C@]12CC[C@H]3[C@@H](CCC4=CC(=O)CC[C@@]43C)[C@@H]1CC[C@@H]2OC1CCCCO1. The molecule has 4 fully saturated rings. The lowest BCUT2D eigenvalue weighted by atomic mass is 9.47. The van der Waals surface area contributed by atoms with Gasteiger partial charge in [-0.3, -0.25) is 4.79 Å². The minimum atomic E-state index is 0.0415. The molecule has 5 rings (SSSR count). The summed E-state index contributed by atoms with van der Waals surface area (Å²) in [4.78, 5) is 12.0. The minimum absolute atomic E-state index is 0.0415. The van der Waals surface area contributed by atoms with Gasteiger partial charge >= 0.3 is 0 Å². The van der Waals surface area contributed by atoms with Crippen molar-refractivity contribution >= 4 is 5.78 Å². The number of fused-ring (bicyclic) bond motifs is 5. The molecule has 3 saturated carbocycles. The standard InChI is InChI=1S/C24H36O3/c1-23-12-10-17(25)15-16(23)6-7-18-19-8-9-21(24(19,2)13-11-20(18)23)27-22-5-3-4-14-26-22/h15,18-22H,3-14H2,1-2H3/t18-,19-,20-,21-,22?,23-,24-/m0/s1. The maximum atomic E-state index is 12.0. The molecule has 1 aliphatic heterocycles. The van der Waals surface area contributed by atoms with Crippen molar-refractivity contribution in [1.82, 2.24) is 0 Å². The number of allylic oxidation sites excluding steroid dienone is 1. The molecule has 1 heterocycles. The lowest BCUT2D eigenvalue weighted by molar-refractivity contribution is -0.215. The third-order valence-corrected chi connectivity index (χ3v) is 9.33. The van der Waals surface area contributed by atoms with Crippen LogP contribution in [0, 0.1) is 28.6 Å². The Morgan fingerprint density at radius 3 is 2.70 bits per heavy atom. The second-order valence-electron chi connectivity index (χ2n) is 10.5. The zero-order valence-electron chi connectivity index (χ0n) is 17.2. The average Bonchev–Trinajstić information content (AvgIpc) is 3.00. The zero-order valence-corrected chi connectivity index (χ0v) is 17.2. The van der Waals surface area contributed by atoms with Crippen molar-refractivity contribution in [3.05, 3.63) is 11.6 Å². The van der Waals surface area contributed by atoms with E-state index in [1.807, 2.05) is 6.08 Å². The van der Waals surface area contributed by atoms with Crippen LogP contribution >= 0.6 is 0 Å². The lowest BCUT2D eigenvalue weighted by Gasteiger charge is -2.58. The third kappa shape index (κ3) is 2.87. The van der Waals surface area contributed by atoms with Gasteiger partial charge in [0.2, 0.25) is 0 Å². The Balaban J connectivity index is 1.35. The molecular formula is C24H36O3. The van der Waals surface area contributed by atoms with E-state index in [0.29, 0.717) is 17.3 Å². The van der Waals surface area contributed by atoms with Crippen molar-refractivity contribution in [3.8, 4) is 0 Å². The van der Waals surface area contributed by atoms with E-state index in [0.717, 1.165) is 50.0 Å². The van der Waals surface area contributed by atoms with Crippen molar-refractivity contribution in [2.45, 2.75) is 96.9 Å². The second kappa shape index (κ2) is 6.69. The first-order valence-electron chi connectivity index (χ1n) is 11.5. The van der Waals surface area contributed by atoms with Crippen molar-refractivity contribution in [2.75, 3.05) is 6.61 Å². The van der Waals surface area contributed by atoms with Crippen LogP contribution in [0.5, 0.6) is 0 Å². The smallest absolute Gasteiger partial charge is 0.157 e. The molecule has 150 valence electrons. The first kappa shape index (κ1) is 18.4. The number of ketones is 1. The molecule has 5 aliphatic rings. The Labute approximate surface area is 164 Å². The van der Waals surface area contributed by atoms with E-state index in [4.69, 9.17) is 9.47 Å². The molecule has 0 aromatic heterocycles. The van der Waals surface area contributed by atoms with E-state index in [-0.39, 0.29) is 11.7 Å². The van der Waals surface area contributed by atoms with E-state index in [2.05, 4.69) is 13.8 Å². The Morgan fingerprint density at radius 2 is 1.89 bits per heavy atom. The summed E-state index contributed by atoms with van der Waals surface area (Å²) in [6.07, 6.45) is 15.3. The molecule has 27 heavy (non-hydrogen) atoms. The first-order chi connectivity index (χ1) is 13.0. The summed E-state index contributed by atoms with van der Waals surface area (Å²) in [5.41, 5.74) is 2.08. The van der Waals surface area contributed by atoms with Crippen LogP contribution in [0.3, 0.4) is 0 Å². The fourth-order valence-electron chi connectivity index (χ4n) is 7.74. The van der Waals surface area contributed by atoms with Crippen molar-refractivity contribution < 1.29 is 14.3 Å². The molecule has 4 aliphatic carbocycles. The van der Waals surface area contributed by atoms with Crippen LogP contribution in [0.4, 0.5) is 0 Å². The summed E-state index contributed by atoms with van der Waals surface area (Å²) in [5, 5.41) is 0. The van der Waals surface area contributed by atoms with Gasteiger partial charge in [-0.05, 0) is 98.9 Å². The predicted molar refractivity (Wildman–Crippen MR) is 105 cm³/mol. The Morgan fingerprint density at radius 1 is 1.00 bits per heavy atom. The van der Waals surface area contributed by atoms with E-state index >= 15 is 0 Å². The third-order valence-electron chi connectivity index (χ3n) is 9.33. The predicted octanol–water partition coefficient (Wildman–Crippen LogP) is 5.43. The molecule has 1 saturated heterocycles. The van der Waals surface area contributed by atoms with Gasteiger partial charge < -0.3 is 9.47 Å². The average molecular weight is 373 g/mol. The zero-order chi connectivity index (χ0) is 18.6. The van der Waals surface area contributed by atoms with Crippen LogP contribution < -0.4 is 0 Å². The highest BCUT2D eigenvalue weighted by Crippen LogP contribution is 2.65. The van der Waals surface area contributed by atoms with Crippen LogP contribution in [0.15, 0.2) is 11.6 Å². The van der Waals surface area contributed by atoms with Crippen molar-refractivity contribution in [1.29, 1.82) is 0 Å². The normalized spacial score (nSPS) is 49.8. The lowest BCUT2D eigenvalue weighted by Crippen LogP contribution is -2.52. The summed E-state index contributed by atoms with van der Waals surface area (Å²) in [5.74, 6) is 2.75. The first-order valence-corrected chi connectivity index (χ1v) is 11.5. The van der Waals surface area contributed by atoms with Crippen molar-refractivity contribution in [3.63, 3.8) is 0 Å². The molecule has 3 nitrogen and oxygen atoms in total. The van der Waals surface area contributed by atoms with Gasteiger partial charge in [0.05, 0.1) is 6.10 Å². The van der Waals surface area contributed by atoms with E-state index < -0.39 is 0 Å². The van der Waals surface area contributed by atoms with Gasteiger partial charge in [0.25, 0.3) is 0 Å². The van der Waals surface area contributed by atoms with Crippen LogP contribution in [0.1, 0.15) is 84.5 Å². The highest BCUT2D eigenvalue weighted by molar-refractivity contribution is 5.91. The highest BCUT2D eigenvalue weighted by Gasteiger charge is 2.59. The number of carbonyl (C=O) groups excluding carboxylic acids is 1. The summed E-state index contributed by atoms with van der Waals surface area (Å²) < 4.78 is 12.5. The summed E-state index contributed by atoms with van der Waals surface area (Å²) >= 11 is 0. The summed E-state index contributed by atoms with van der Waals surface area (Å²) in [6, 6.07) is 0. The highest BCUT2D eigenvalue weighted by atomic mass is 16.7. The number of rotatable bonds is 2. The summed E-state index contributed by atoms with van der Waals surface area (Å²) in [6.45, 7) is 5.87. The number of hydrogen-bond donors (Lipinski definition) is 0. The second-order valence-corrected chi connectivity index (χ2v) is 10.5. The molecule has 0 amide bonds. The Bertz CT molecular complexity index is 634. The maximum absolute atomic E-state index is 12.0. The quantitative estimate of drug-likeness (QED) is 0.648. The van der Waals surface area contributed by atoms with Gasteiger partial charge in [0.15, 0.2) is 12.1 Å². The monoisotopic (exact) mass is 372 g/mol. The molecule has 0 radical (unpaired) electrons. The van der Waals surface area contributed by atoms with Gasteiger partial charge in [0.1, 0.15) is 0 Å². The molecule has 0 aromatic rings. The molecule has 0 spiro atoms. The maximum Gasteiger partial charge on any atom is 0.157 e. The van der Waals surface area contributed by atoms with E-state index in [9.17, 15) is 4.79 Å². The van der Waals surface area contributed by atoms with Gasteiger partial charge in [-0.2, -0.15) is 0 Å². The van der Waals surface area contributed by atoms with Gasteiger partial charge in [0, 0.05) is 13.0 Å². The van der Waals surface area contributed by atoms with Gasteiger partial charge in [-0.25, -0.2) is 0 Å². The van der Waals surface area contributed by atoms with Crippen LogP contribution in [0.2, 0.25) is 0 Å².